The van der Waals surface area contributed by atoms with Gasteiger partial charge < -0.3 is 0 Å². The summed E-state index contributed by atoms with van der Waals surface area (Å²) in [7, 11) is 0. The van der Waals surface area contributed by atoms with Gasteiger partial charge in [-0.1, -0.05) is 53.9 Å². The van der Waals surface area contributed by atoms with Gasteiger partial charge in [-0.05, 0) is 97.2 Å². The third-order valence-corrected chi connectivity index (χ3v) is 10.7. The molecule has 4 fully saturated rings. The number of carbonyl (C=O) groups is 1. The van der Waals surface area contributed by atoms with Crippen molar-refractivity contribution in [3.63, 3.8) is 0 Å². The Bertz CT molecular complexity index is 579. The first kappa shape index (κ1) is 20.9. The number of hydrogen-bond acceptors (Lipinski definition) is 1. The van der Waals surface area contributed by atoms with Gasteiger partial charge in [-0.15, -0.1) is 0 Å². The molecular weight excluding hydrogens is 340 g/mol. The number of hydrogen-bond donors (Lipinski definition) is 0. The summed E-state index contributed by atoms with van der Waals surface area (Å²) in [5, 5.41) is 0. The van der Waals surface area contributed by atoms with Crippen molar-refractivity contribution in [3.05, 3.63) is 0 Å². The number of Topliss-reactive ketones (excluding diaryl/α,β-unsaturated/α-hetero) is 1. The van der Waals surface area contributed by atoms with Crippen LogP contribution in [0.3, 0.4) is 0 Å². The normalized spacial score (nSPS) is 46.8. The van der Waals surface area contributed by atoms with E-state index in [4.69, 9.17) is 0 Å². The zero-order chi connectivity index (χ0) is 20.1. The number of carbonyl (C=O) groups excluding carboxylic acids is 1. The van der Waals surface area contributed by atoms with Crippen LogP contribution in [0.1, 0.15) is 112 Å². The average molecular weight is 387 g/mol. The quantitative estimate of drug-likeness (QED) is 0.473. The molecule has 4 aliphatic carbocycles. The fraction of sp³-hybridized carbons (Fsp3) is 0.963. The van der Waals surface area contributed by atoms with Crippen LogP contribution in [0.4, 0.5) is 0 Å². The second-order valence-electron chi connectivity index (χ2n) is 12.4. The molecule has 0 amide bonds. The van der Waals surface area contributed by atoms with Gasteiger partial charge in [-0.3, -0.25) is 4.79 Å². The zero-order valence-electron chi connectivity index (χ0n) is 19.4. The van der Waals surface area contributed by atoms with Crippen LogP contribution in [0.5, 0.6) is 0 Å². The predicted molar refractivity (Wildman–Crippen MR) is 118 cm³/mol. The number of fused-ring (bicyclic) bond motifs is 5. The molecule has 1 nitrogen and oxygen atoms in total. The molecule has 0 aromatic heterocycles. The van der Waals surface area contributed by atoms with Gasteiger partial charge >= 0.3 is 0 Å². The lowest BCUT2D eigenvalue weighted by Gasteiger charge is -2.60. The van der Waals surface area contributed by atoms with E-state index in [1.165, 1.54) is 64.2 Å². The molecule has 0 unspecified atom stereocenters. The molecule has 0 aromatic carbocycles. The third-order valence-electron chi connectivity index (χ3n) is 10.7. The number of ketones is 1. The minimum Gasteiger partial charge on any atom is -0.300 e. The lowest BCUT2D eigenvalue weighted by atomic mass is 9.44. The maximum Gasteiger partial charge on any atom is 0.133 e. The molecule has 160 valence electrons. The SMILES string of the molecule is CC(C)CCC[C@H](C)[C@H]1CC[C@H]2[C@@H]3CC[C@@H]4CC(=O)CC[C@]4(C)[C@H]3CC[C@]12C. The van der Waals surface area contributed by atoms with Gasteiger partial charge in [-0.25, -0.2) is 0 Å². The van der Waals surface area contributed by atoms with Gasteiger partial charge in [0.25, 0.3) is 0 Å². The maximum atomic E-state index is 12.1. The summed E-state index contributed by atoms with van der Waals surface area (Å²) >= 11 is 0. The molecule has 4 aliphatic rings. The van der Waals surface area contributed by atoms with Crippen LogP contribution < -0.4 is 0 Å². The first-order chi connectivity index (χ1) is 13.3. The van der Waals surface area contributed by atoms with Crippen LogP contribution in [-0.2, 0) is 4.79 Å². The number of rotatable bonds is 5. The Hall–Kier alpha value is -0.330. The highest BCUT2D eigenvalue weighted by atomic mass is 16.1. The van der Waals surface area contributed by atoms with E-state index in [0.29, 0.717) is 22.5 Å². The summed E-state index contributed by atoms with van der Waals surface area (Å²) in [6.07, 6.45) is 15.9. The van der Waals surface area contributed by atoms with Crippen molar-refractivity contribution in [1.29, 1.82) is 0 Å². The van der Waals surface area contributed by atoms with Crippen molar-refractivity contribution in [2.75, 3.05) is 0 Å². The zero-order valence-corrected chi connectivity index (χ0v) is 19.4. The molecule has 0 bridgehead atoms. The Kier molecular flexibility index (Phi) is 5.78. The van der Waals surface area contributed by atoms with E-state index >= 15 is 0 Å². The molecule has 0 N–H and O–H groups in total. The topological polar surface area (TPSA) is 17.1 Å². The minimum atomic E-state index is 0.471. The first-order valence-electron chi connectivity index (χ1n) is 12.8. The summed E-state index contributed by atoms with van der Waals surface area (Å²) in [6.45, 7) is 12.6. The van der Waals surface area contributed by atoms with Crippen LogP contribution >= 0.6 is 0 Å². The van der Waals surface area contributed by atoms with Gasteiger partial charge in [0.2, 0.25) is 0 Å². The van der Waals surface area contributed by atoms with E-state index in [9.17, 15) is 4.79 Å². The van der Waals surface area contributed by atoms with Crippen molar-refractivity contribution in [1.82, 2.24) is 0 Å². The van der Waals surface area contributed by atoms with E-state index in [1.807, 2.05) is 0 Å². The van der Waals surface area contributed by atoms with Gasteiger partial charge in [0, 0.05) is 12.8 Å². The molecule has 0 heterocycles. The molecule has 0 aromatic rings. The summed E-state index contributed by atoms with van der Waals surface area (Å²) in [6, 6.07) is 0. The molecule has 0 radical (unpaired) electrons. The van der Waals surface area contributed by atoms with Crippen molar-refractivity contribution in [2.24, 2.45) is 52.3 Å². The van der Waals surface area contributed by atoms with Gasteiger partial charge in [0.05, 0.1) is 0 Å². The highest BCUT2D eigenvalue weighted by molar-refractivity contribution is 5.79. The second-order valence-corrected chi connectivity index (χ2v) is 12.4. The lowest BCUT2D eigenvalue weighted by Crippen LogP contribution is -2.53. The smallest absolute Gasteiger partial charge is 0.133 e. The summed E-state index contributed by atoms with van der Waals surface area (Å²) in [4.78, 5) is 12.1. The lowest BCUT2D eigenvalue weighted by molar-refractivity contribution is -0.140. The molecule has 0 aliphatic heterocycles. The highest BCUT2D eigenvalue weighted by Gasteiger charge is 2.60. The second kappa shape index (κ2) is 7.73. The fourth-order valence-corrected chi connectivity index (χ4v) is 9.07. The molecule has 8 atom stereocenters. The van der Waals surface area contributed by atoms with Crippen LogP contribution in [-0.4, -0.2) is 5.78 Å². The Labute approximate surface area is 174 Å². The van der Waals surface area contributed by atoms with Crippen molar-refractivity contribution < 1.29 is 4.79 Å². The molecular formula is C27H46O. The van der Waals surface area contributed by atoms with Crippen LogP contribution in [0.25, 0.3) is 0 Å². The summed E-state index contributed by atoms with van der Waals surface area (Å²) in [5.74, 6) is 6.82. The predicted octanol–water partition coefficient (Wildman–Crippen LogP) is 7.68. The molecule has 0 spiro atoms. The average Bonchev–Trinajstić information content (AvgIpc) is 2.99. The van der Waals surface area contributed by atoms with Crippen LogP contribution in [0, 0.1) is 52.3 Å². The van der Waals surface area contributed by atoms with E-state index in [2.05, 4.69) is 34.6 Å². The van der Waals surface area contributed by atoms with Crippen LogP contribution in [0.2, 0.25) is 0 Å². The Morgan fingerprint density at radius 1 is 0.893 bits per heavy atom. The largest absolute Gasteiger partial charge is 0.300 e. The Balaban J connectivity index is 1.47. The molecule has 4 rings (SSSR count). The maximum absolute atomic E-state index is 12.1. The van der Waals surface area contributed by atoms with Crippen molar-refractivity contribution >= 4 is 5.78 Å². The van der Waals surface area contributed by atoms with E-state index in [0.717, 1.165) is 48.3 Å². The van der Waals surface area contributed by atoms with Gasteiger partial charge in [0.1, 0.15) is 5.78 Å². The molecule has 4 saturated carbocycles. The van der Waals surface area contributed by atoms with Gasteiger partial charge in [-0.2, -0.15) is 0 Å². The summed E-state index contributed by atoms with van der Waals surface area (Å²) in [5.41, 5.74) is 1.07. The minimum absolute atomic E-state index is 0.471. The fourth-order valence-electron chi connectivity index (χ4n) is 9.07. The molecule has 28 heavy (non-hydrogen) atoms. The monoisotopic (exact) mass is 386 g/mol. The highest BCUT2D eigenvalue weighted by Crippen LogP contribution is 2.68. The molecule has 1 heteroatoms. The van der Waals surface area contributed by atoms with E-state index in [-0.39, 0.29) is 0 Å². The Morgan fingerprint density at radius 2 is 1.64 bits per heavy atom. The van der Waals surface area contributed by atoms with Gasteiger partial charge in [0.15, 0.2) is 0 Å². The van der Waals surface area contributed by atoms with Crippen LogP contribution in [0.15, 0.2) is 0 Å². The third kappa shape index (κ3) is 3.41. The van der Waals surface area contributed by atoms with Crippen molar-refractivity contribution in [3.8, 4) is 0 Å². The summed E-state index contributed by atoms with van der Waals surface area (Å²) < 4.78 is 0. The van der Waals surface area contributed by atoms with Crippen molar-refractivity contribution in [2.45, 2.75) is 112 Å². The Morgan fingerprint density at radius 3 is 2.39 bits per heavy atom. The van der Waals surface area contributed by atoms with E-state index < -0.39 is 0 Å². The molecule has 0 saturated heterocycles. The standard InChI is InChI=1S/C27H46O/c1-18(2)7-6-8-19(3)23-11-12-24-22-10-9-20-17-21(28)13-15-26(20,4)25(22)14-16-27(23,24)5/h18-20,22-25H,6-17H2,1-5H3/t19-,20+,22-,23+,24-,25-,26-,27+/m0/s1. The van der Waals surface area contributed by atoms with E-state index in [1.54, 1.807) is 0 Å². The first-order valence-corrected chi connectivity index (χ1v) is 12.8.